The summed E-state index contributed by atoms with van der Waals surface area (Å²) in [5.74, 6) is 0.352. The maximum Gasteiger partial charge on any atom is 0.410 e. The number of likely N-dealkylation sites (tertiary alicyclic amines) is 1. The van der Waals surface area contributed by atoms with Gasteiger partial charge >= 0.3 is 6.09 Å². The highest BCUT2D eigenvalue weighted by Gasteiger charge is 2.27. The van der Waals surface area contributed by atoms with Crippen LogP contribution in [0.4, 0.5) is 10.5 Å². The fourth-order valence-corrected chi connectivity index (χ4v) is 3.17. The first-order valence-corrected chi connectivity index (χ1v) is 8.98. The third kappa shape index (κ3) is 6.40. The molecule has 1 aliphatic rings. The van der Waals surface area contributed by atoms with Crippen LogP contribution in [-0.4, -0.2) is 35.6 Å². The molecule has 2 amide bonds. The quantitative estimate of drug-likeness (QED) is 0.889. The summed E-state index contributed by atoms with van der Waals surface area (Å²) >= 11 is 0. The minimum absolute atomic E-state index is 0.0423. The van der Waals surface area contributed by atoms with Gasteiger partial charge in [0.05, 0.1) is 0 Å². The molecule has 2 rings (SSSR count). The Morgan fingerprint density at radius 3 is 2.20 bits per heavy atom. The number of aryl methyl sites for hydroxylation is 2. The molecule has 1 aliphatic heterocycles. The Morgan fingerprint density at radius 1 is 1.12 bits per heavy atom. The van der Waals surface area contributed by atoms with Gasteiger partial charge in [0, 0.05) is 25.2 Å². The maximum atomic E-state index is 12.3. The molecular weight excluding hydrogens is 316 g/mol. The van der Waals surface area contributed by atoms with Crippen molar-refractivity contribution >= 4 is 17.7 Å². The summed E-state index contributed by atoms with van der Waals surface area (Å²) in [4.78, 5) is 26.1. The van der Waals surface area contributed by atoms with Crippen molar-refractivity contribution in [2.45, 2.75) is 59.5 Å². The monoisotopic (exact) mass is 346 g/mol. The molecule has 0 unspecified atom stereocenters. The minimum Gasteiger partial charge on any atom is -0.444 e. The molecule has 25 heavy (non-hydrogen) atoms. The van der Waals surface area contributed by atoms with Gasteiger partial charge in [-0.1, -0.05) is 6.07 Å². The Hall–Kier alpha value is -2.04. The smallest absolute Gasteiger partial charge is 0.410 e. The molecule has 0 aliphatic carbocycles. The van der Waals surface area contributed by atoms with Gasteiger partial charge in [-0.05, 0) is 76.6 Å². The van der Waals surface area contributed by atoms with Gasteiger partial charge in [0.25, 0.3) is 0 Å². The van der Waals surface area contributed by atoms with E-state index >= 15 is 0 Å². The molecule has 1 saturated heterocycles. The molecule has 0 aromatic heterocycles. The van der Waals surface area contributed by atoms with Crippen LogP contribution in [0.2, 0.25) is 0 Å². The van der Waals surface area contributed by atoms with Crippen molar-refractivity contribution in [2.24, 2.45) is 5.92 Å². The molecule has 1 fully saturated rings. The summed E-state index contributed by atoms with van der Waals surface area (Å²) in [6.07, 6.45) is 1.90. The van der Waals surface area contributed by atoms with Crippen molar-refractivity contribution in [1.29, 1.82) is 0 Å². The lowest BCUT2D eigenvalue weighted by molar-refractivity contribution is -0.117. The van der Waals surface area contributed by atoms with Crippen molar-refractivity contribution in [3.63, 3.8) is 0 Å². The molecule has 0 bridgehead atoms. The fraction of sp³-hybridized carbons (Fsp3) is 0.600. The van der Waals surface area contributed by atoms with Crippen LogP contribution < -0.4 is 5.32 Å². The standard InChI is InChI=1S/C20H30N2O3/c1-14-10-15(2)12-17(11-14)21-18(23)13-16-6-8-22(9-7-16)19(24)25-20(3,4)5/h10-12,16H,6-9,13H2,1-5H3,(H,21,23). The average molecular weight is 346 g/mol. The van der Waals surface area contributed by atoms with Crippen LogP contribution in [-0.2, 0) is 9.53 Å². The number of carbonyl (C=O) groups excluding carboxylic acids is 2. The first kappa shape index (κ1) is 19.3. The molecule has 0 saturated carbocycles. The van der Waals surface area contributed by atoms with E-state index in [9.17, 15) is 9.59 Å². The van der Waals surface area contributed by atoms with E-state index in [0.29, 0.717) is 25.4 Å². The number of carbonyl (C=O) groups is 2. The number of nitrogens with one attached hydrogen (secondary N) is 1. The van der Waals surface area contributed by atoms with Gasteiger partial charge in [-0.2, -0.15) is 0 Å². The molecule has 0 radical (unpaired) electrons. The number of amides is 2. The van der Waals surface area contributed by atoms with Gasteiger partial charge in [0.15, 0.2) is 0 Å². The number of ether oxygens (including phenoxy) is 1. The summed E-state index contributed by atoms with van der Waals surface area (Å²) in [7, 11) is 0. The summed E-state index contributed by atoms with van der Waals surface area (Å²) < 4.78 is 5.40. The van der Waals surface area contributed by atoms with Crippen molar-refractivity contribution in [1.82, 2.24) is 4.90 Å². The van der Waals surface area contributed by atoms with E-state index in [2.05, 4.69) is 11.4 Å². The van der Waals surface area contributed by atoms with Crippen LogP contribution in [0.25, 0.3) is 0 Å². The Labute approximate surface area is 150 Å². The highest BCUT2D eigenvalue weighted by molar-refractivity contribution is 5.91. The van der Waals surface area contributed by atoms with E-state index in [1.54, 1.807) is 4.90 Å². The zero-order valence-corrected chi connectivity index (χ0v) is 16.0. The summed E-state index contributed by atoms with van der Waals surface area (Å²) in [6.45, 7) is 11.0. The normalized spacial score (nSPS) is 15.8. The lowest BCUT2D eigenvalue weighted by Crippen LogP contribution is -2.42. The van der Waals surface area contributed by atoms with Crippen LogP contribution in [0.3, 0.4) is 0 Å². The second kappa shape index (κ2) is 7.89. The lowest BCUT2D eigenvalue weighted by atomic mass is 9.93. The molecule has 138 valence electrons. The SMILES string of the molecule is Cc1cc(C)cc(NC(=O)CC2CCN(C(=O)OC(C)(C)C)CC2)c1. The van der Waals surface area contributed by atoms with E-state index in [4.69, 9.17) is 4.74 Å². The topological polar surface area (TPSA) is 58.6 Å². The van der Waals surface area contributed by atoms with Crippen LogP contribution in [0, 0.1) is 19.8 Å². The van der Waals surface area contributed by atoms with Crippen molar-refractivity contribution in [3.05, 3.63) is 29.3 Å². The van der Waals surface area contributed by atoms with E-state index < -0.39 is 5.60 Å². The molecule has 1 aromatic carbocycles. The van der Waals surface area contributed by atoms with Gasteiger partial charge in [-0.3, -0.25) is 4.79 Å². The van der Waals surface area contributed by atoms with Crippen LogP contribution >= 0.6 is 0 Å². The lowest BCUT2D eigenvalue weighted by Gasteiger charge is -2.33. The second-order valence-electron chi connectivity index (χ2n) is 8.04. The minimum atomic E-state index is -0.472. The number of piperidine rings is 1. The molecule has 1 N–H and O–H groups in total. The van der Waals surface area contributed by atoms with Crippen LogP contribution in [0.1, 0.15) is 51.2 Å². The van der Waals surface area contributed by atoms with Crippen molar-refractivity contribution in [2.75, 3.05) is 18.4 Å². The zero-order chi connectivity index (χ0) is 18.6. The number of benzene rings is 1. The number of nitrogens with zero attached hydrogens (tertiary/aromatic N) is 1. The Kier molecular flexibility index (Phi) is 6.09. The van der Waals surface area contributed by atoms with E-state index in [-0.39, 0.29) is 12.0 Å². The van der Waals surface area contributed by atoms with E-state index in [0.717, 1.165) is 29.7 Å². The third-order valence-corrected chi connectivity index (χ3v) is 4.25. The Balaban J connectivity index is 1.79. The molecule has 1 heterocycles. The number of rotatable bonds is 3. The zero-order valence-electron chi connectivity index (χ0n) is 16.0. The third-order valence-electron chi connectivity index (χ3n) is 4.25. The first-order valence-electron chi connectivity index (χ1n) is 8.98. The molecule has 1 aromatic rings. The molecule has 0 spiro atoms. The number of hydrogen-bond acceptors (Lipinski definition) is 3. The summed E-state index contributed by atoms with van der Waals surface area (Å²) in [6, 6.07) is 6.05. The maximum absolute atomic E-state index is 12.3. The average Bonchev–Trinajstić information content (AvgIpc) is 2.44. The Morgan fingerprint density at radius 2 is 1.68 bits per heavy atom. The predicted octanol–water partition coefficient (Wildman–Crippen LogP) is 4.28. The van der Waals surface area contributed by atoms with Crippen molar-refractivity contribution in [3.8, 4) is 0 Å². The number of hydrogen-bond donors (Lipinski definition) is 1. The number of anilines is 1. The summed E-state index contributed by atoms with van der Waals surface area (Å²) in [5, 5.41) is 2.99. The highest BCUT2D eigenvalue weighted by Crippen LogP contribution is 2.23. The van der Waals surface area contributed by atoms with Crippen LogP contribution in [0.15, 0.2) is 18.2 Å². The first-order chi connectivity index (χ1) is 11.6. The van der Waals surface area contributed by atoms with Crippen LogP contribution in [0.5, 0.6) is 0 Å². The molecule has 5 heteroatoms. The fourth-order valence-electron chi connectivity index (χ4n) is 3.17. The Bertz CT molecular complexity index is 606. The molecular formula is C20H30N2O3. The van der Waals surface area contributed by atoms with Gasteiger partial charge in [-0.15, -0.1) is 0 Å². The van der Waals surface area contributed by atoms with Gasteiger partial charge in [-0.25, -0.2) is 4.79 Å². The largest absolute Gasteiger partial charge is 0.444 e. The van der Waals surface area contributed by atoms with Gasteiger partial charge in [0.1, 0.15) is 5.60 Å². The highest BCUT2D eigenvalue weighted by atomic mass is 16.6. The second-order valence-corrected chi connectivity index (χ2v) is 8.04. The van der Waals surface area contributed by atoms with Gasteiger partial charge in [0.2, 0.25) is 5.91 Å². The van der Waals surface area contributed by atoms with Gasteiger partial charge < -0.3 is 15.0 Å². The van der Waals surface area contributed by atoms with E-state index in [1.807, 2.05) is 46.8 Å². The summed E-state index contributed by atoms with van der Waals surface area (Å²) in [5.41, 5.74) is 2.66. The predicted molar refractivity (Wildman–Crippen MR) is 99.7 cm³/mol. The van der Waals surface area contributed by atoms with Crippen molar-refractivity contribution < 1.29 is 14.3 Å². The molecule has 5 nitrogen and oxygen atoms in total. The van der Waals surface area contributed by atoms with E-state index in [1.165, 1.54) is 0 Å². The molecule has 0 atom stereocenters.